The molecule has 0 atom stereocenters. The van der Waals surface area contributed by atoms with Crippen molar-refractivity contribution < 1.29 is 70.2 Å². The van der Waals surface area contributed by atoms with Gasteiger partial charge in [-0.2, -0.15) is 8.61 Å². The molecule has 19 nitrogen and oxygen atoms in total. The van der Waals surface area contributed by atoms with E-state index in [4.69, 9.17) is 23.7 Å². The first-order chi connectivity index (χ1) is 42.0. The molecule has 0 aromatic heterocycles. The van der Waals surface area contributed by atoms with Gasteiger partial charge in [-0.15, -0.1) is 0 Å². The number of rotatable bonds is 35. The van der Waals surface area contributed by atoms with Crippen molar-refractivity contribution in [2.45, 2.75) is 96.0 Å². The summed E-state index contributed by atoms with van der Waals surface area (Å²) in [5.74, 6) is -4.16. The highest BCUT2D eigenvalue weighted by Gasteiger charge is 2.33. The van der Waals surface area contributed by atoms with Gasteiger partial charge in [0.05, 0.1) is 9.79 Å². The van der Waals surface area contributed by atoms with Crippen molar-refractivity contribution >= 4 is 70.9 Å². The van der Waals surface area contributed by atoms with E-state index in [9.17, 15) is 29.7 Å². The van der Waals surface area contributed by atoms with Crippen LogP contribution in [-0.2, 0) is 57.0 Å². The summed E-state index contributed by atoms with van der Waals surface area (Å²) >= 11 is 0. The Bertz CT molecular complexity index is 3620. The summed E-state index contributed by atoms with van der Waals surface area (Å²) in [6.07, 6.45) is 4.08. The zero-order valence-electron chi connectivity index (χ0n) is 51.8. The molecule has 0 heterocycles. The number of aryl methyl sites for hydroxylation is 3. The van der Waals surface area contributed by atoms with E-state index in [1.54, 1.807) is 106 Å². The van der Waals surface area contributed by atoms with Crippen LogP contribution in [0.3, 0.4) is 0 Å². The Morgan fingerprint density at radius 1 is 0.432 bits per heavy atom. The second-order valence-electron chi connectivity index (χ2n) is 22.2. The summed E-state index contributed by atoms with van der Waals surface area (Å²) < 4.78 is 94.9. The number of fused-ring (bicyclic) bond motifs is 2. The highest BCUT2D eigenvalue weighted by Crippen LogP contribution is 2.49. The summed E-state index contributed by atoms with van der Waals surface area (Å²) in [5.41, 5.74) is 4.76. The Kier molecular flexibility index (Phi) is 23.8. The zero-order valence-corrected chi connectivity index (χ0v) is 53.4. The van der Waals surface area contributed by atoms with Crippen LogP contribution in [0.25, 0.3) is 43.8 Å². The van der Waals surface area contributed by atoms with Gasteiger partial charge in [-0.1, -0.05) is 87.4 Å². The molecule has 0 unspecified atom stereocenters. The number of carboxylic acid groups (broad SMARTS) is 3. The van der Waals surface area contributed by atoms with Crippen molar-refractivity contribution in [3.05, 3.63) is 137 Å². The van der Waals surface area contributed by atoms with Crippen LogP contribution in [0.1, 0.15) is 80.2 Å². The van der Waals surface area contributed by atoms with Gasteiger partial charge in [0.2, 0.25) is 20.0 Å². The molecule has 88 heavy (non-hydrogen) atoms. The largest absolute Gasteiger partial charge is 0.481 e. The quantitative estimate of drug-likeness (QED) is 0.0313. The van der Waals surface area contributed by atoms with Crippen molar-refractivity contribution in [2.24, 2.45) is 0 Å². The molecule has 7 aromatic rings. The molecule has 3 N–H and O–H groups in total. The molecule has 0 spiro atoms. The molecule has 0 bridgehead atoms. The zero-order chi connectivity index (χ0) is 63.9. The Morgan fingerprint density at radius 2 is 0.750 bits per heavy atom. The molecule has 472 valence electrons. The van der Waals surface area contributed by atoms with Crippen molar-refractivity contribution in [2.75, 3.05) is 97.3 Å². The maximum Gasteiger partial charge on any atom is 0.341 e. The minimum Gasteiger partial charge on any atom is -0.481 e. The van der Waals surface area contributed by atoms with Gasteiger partial charge in [0.1, 0.15) is 17.2 Å². The molecule has 7 rings (SSSR count). The summed E-state index contributed by atoms with van der Waals surface area (Å²) in [6.45, 7) is 7.63. The van der Waals surface area contributed by atoms with Crippen LogP contribution in [0.4, 0.5) is 11.4 Å². The van der Waals surface area contributed by atoms with Gasteiger partial charge < -0.3 is 48.8 Å². The van der Waals surface area contributed by atoms with E-state index in [-0.39, 0.29) is 99.8 Å². The van der Waals surface area contributed by atoms with Gasteiger partial charge in [-0.25, -0.2) is 31.2 Å². The molecule has 0 radical (unpaired) electrons. The normalized spacial score (nSPS) is 11.9. The first kappa shape index (κ1) is 67.7. The number of benzene rings is 7. The van der Waals surface area contributed by atoms with Crippen LogP contribution in [0.15, 0.2) is 119 Å². The molecule has 7 aromatic carbocycles. The maximum absolute atomic E-state index is 15.4. The lowest BCUT2D eigenvalue weighted by molar-refractivity contribution is -0.140. The molecule has 0 amide bonds. The monoisotopic (exact) mass is 1250 g/mol. The fourth-order valence-corrected chi connectivity index (χ4v) is 14.1. The van der Waals surface area contributed by atoms with E-state index in [2.05, 4.69) is 0 Å². The first-order valence-corrected chi connectivity index (χ1v) is 32.4. The number of carboxylic acids is 3. The minimum absolute atomic E-state index is 0.0129. The molecule has 0 aliphatic heterocycles. The standard InChI is InChI=1S/C67H82N4O15S2/c1-10-12-30-82-32-18-28-70(87(78,79)60-26-16-20-50-52(60)22-14-24-58(50)68(6)7)40-48-34-45(3)36-54(65(48)84-42-62(72)73)56-38-47(5)39-57(67(56)86-44-64(76)77)55-37-46(4)35-49(66(55)85-43-63(74)75)41-71(29-19-33-83-31-13-11-2)88(80,81)61-27-17-21-51-53(61)23-15-25-59(51)69(8)9/h14-17,20-27,34-39H,10-13,18-19,28-33,40-44H2,1-9H3,(H,72,73)(H,74,75)(H,76,77). The highest BCUT2D eigenvalue weighted by molar-refractivity contribution is 7.89. The SMILES string of the molecule is CCCCOCCCN(Cc1cc(C)cc(-c2cc(C)cc(-c3cc(C)cc(CN(CCCOCCCC)S(=O)(=O)c4cccc5c(N(C)C)cccc45)c3OCC(=O)O)c2OCC(=O)O)c1OCC(=O)O)S(=O)(=O)c1cccc2c(N(C)C)cccc12. The Hall–Kier alpha value is -7.79. The number of ether oxygens (including phenoxy) is 5. The van der Waals surface area contributed by atoms with Crippen molar-refractivity contribution in [1.82, 2.24) is 8.61 Å². The van der Waals surface area contributed by atoms with E-state index < -0.39 is 57.8 Å². The second-order valence-corrected chi connectivity index (χ2v) is 26.0. The maximum atomic E-state index is 15.4. The number of carbonyl (C=O) groups is 3. The Labute approximate surface area is 517 Å². The molecule has 0 aliphatic carbocycles. The molecule has 21 heteroatoms. The summed E-state index contributed by atoms with van der Waals surface area (Å²) in [5, 5.41) is 33.2. The van der Waals surface area contributed by atoms with Crippen LogP contribution in [-0.4, -0.2) is 146 Å². The van der Waals surface area contributed by atoms with Gasteiger partial charge >= 0.3 is 17.9 Å². The molecule has 0 saturated carbocycles. The predicted molar refractivity (Wildman–Crippen MR) is 343 cm³/mol. The number of anilines is 2. The molecule has 0 aliphatic rings. The van der Waals surface area contributed by atoms with Gasteiger partial charge in [0, 0.05) is 147 Å². The summed E-state index contributed by atoms with van der Waals surface area (Å²) in [4.78, 5) is 41.6. The van der Waals surface area contributed by atoms with E-state index in [1.807, 2.05) is 76.1 Å². The van der Waals surface area contributed by atoms with E-state index in [1.165, 1.54) is 8.61 Å². The summed E-state index contributed by atoms with van der Waals surface area (Å²) in [7, 11) is -1.24. The second kappa shape index (κ2) is 30.9. The summed E-state index contributed by atoms with van der Waals surface area (Å²) in [6, 6.07) is 31.4. The smallest absolute Gasteiger partial charge is 0.341 e. The third-order valence-electron chi connectivity index (χ3n) is 14.7. The fraction of sp³-hybridized carbons (Fsp3) is 0.388. The predicted octanol–water partition coefficient (Wildman–Crippen LogP) is 11.6. The van der Waals surface area contributed by atoms with Gasteiger partial charge in [0.25, 0.3) is 0 Å². The molecule has 0 saturated heterocycles. The first-order valence-electron chi connectivity index (χ1n) is 29.5. The minimum atomic E-state index is -4.37. The van der Waals surface area contributed by atoms with E-state index in [0.717, 1.165) is 37.1 Å². The topological polar surface area (TPSA) is 239 Å². The van der Waals surface area contributed by atoms with E-state index >= 15 is 16.8 Å². The van der Waals surface area contributed by atoms with Gasteiger partial charge in [-0.3, -0.25) is 0 Å². The molecule has 0 fully saturated rings. The van der Waals surface area contributed by atoms with Gasteiger partial charge in [0.15, 0.2) is 19.8 Å². The Balaban J connectivity index is 1.45. The van der Waals surface area contributed by atoms with Crippen LogP contribution in [0, 0.1) is 20.8 Å². The molecular weight excluding hydrogens is 1160 g/mol. The van der Waals surface area contributed by atoms with Gasteiger partial charge in [-0.05, 0) is 112 Å². The Morgan fingerprint density at radius 3 is 1.10 bits per heavy atom. The van der Waals surface area contributed by atoms with Crippen LogP contribution in [0.2, 0.25) is 0 Å². The fourth-order valence-electron chi connectivity index (χ4n) is 10.8. The average molecular weight is 1250 g/mol. The van der Waals surface area contributed by atoms with Crippen LogP contribution in [0.5, 0.6) is 17.2 Å². The average Bonchev–Trinajstić information content (AvgIpc) is 0.907. The van der Waals surface area contributed by atoms with Crippen LogP contribution >= 0.6 is 0 Å². The number of aliphatic carboxylic acids is 3. The number of nitrogens with zero attached hydrogens (tertiary/aromatic N) is 4. The van der Waals surface area contributed by atoms with E-state index in [0.29, 0.717) is 64.3 Å². The third-order valence-corrected chi connectivity index (χ3v) is 18.5. The number of hydrogen-bond acceptors (Lipinski definition) is 14. The van der Waals surface area contributed by atoms with Crippen LogP contribution < -0.4 is 24.0 Å². The number of hydrogen-bond donors (Lipinski definition) is 3. The third kappa shape index (κ3) is 16.7. The lowest BCUT2D eigenvalue weighted by Gasteiger charge is -2.27. The lowest BCUT2D eigenvalue weighted by Crippen LogP contribution is -2.33. The molecular formula is C67H82N4O15S2. The van der Waals surface area contributed by atoms with Crippen molar-refractivity contribution in [3.63, 3.8) is 0 Å². The highest BCUT2D eigenvalue weighted by atomic mass is 32.2. The van der Waals surface area contributed by atoms with Crippen molar-refractivity contribution in [3.8, 4) is 39.5 Å². The lowest BCUT2D eigenvalue weighted by atomic mass is 9.90. The van der Waals surface area contributed by atoms with Crippen molar-refractivity contribution in [1.29, 1.82) is 0 Å². The number of unbranched alkanes of at least 4 members (excludes halogenated alkanes) is 2. The number of sulfonamides is 2.